The summed E-state index contributed by atoms with van der Waals surface area (Å²) in [5.74, 6) is 0.426. The number of carbonyl (C=O) groups excluding carboxylic acids is 1. The first-order valence-electron chi connectivity index (χ1n) is 5.54. The van der Waals surface area contributed by atoms with Crippen LogP contribution < -0.4 is 5.32 Å². The Morgan fingerprint density at radius 2 is 2.00 bits per heavy atom. The third-order valence-electron chi connectivity index (χ3n) is 2.36. The normalized spacial score (nSPS) is 10.4. The van der Waals surface area contributed by atoms with Crippen LogP contribution in [-0.2, 0) is 0 Å². The molecule has 0 aromatic heterocycles. The summed E-state index contributed by atoms with van der Waals surface area (Å²) in [4.78, 5) is 11.8. The number of rotatable bonds is 4. The van der Waals surface area contributed by atoms with Gasteiger partial charge in [0.05, 0.1) is 0 Å². The number of amides is 1. The van der Waals surface area contributed by atoms with Crippen LogP contribution in [0.2, 0.25) is 0 Å². The summed E-state index contributed by atoms with van der Waals surface area (Å²) in [6.07, 6.45) is 0.968. The van der Waals surface area contributed by atoms with E-state index < -0.39 is 0 Å². The van der Waals surface area contributed by atoms with Gasteiger partial charge in [-0.2, -0.15) is 0 Å². The lowest BCUT2D eigenvalue weighted by Crippen LogP contribution is -2.25. The molecule has 0 aliphatic rings. The molecule has 0 fully saturated rings. The molecule has 0 radical (unpaired) electrons. The summed E-state index contributed by atoms with van der Waals surface area (Å²) in [5, 5.41) is 2.90. The molecular formula is C13H19NO. The van der Waals surface area contributed by atoms with Gasteiger partial charge in [0.2, 0.25) is 0 Å². The fourth-order valence-corrected chi connectivity index (χ4v) is 1.54. The maximum absolute atomic E-state index is 11.8. The molecule has 1 amide bonds. The first-order valence-corrected chi connectivity index (χ1v) is 5.54. The minimum absolute atomic E-state index is 0.0427. The van der Waals surface area contributed by atoms with E-state index in [9.17, 15) is 4.79 Å². The summed E-state index contributed by atoms with van der Waals surface area (Å²) in [7, 11) is 0. The molecule has 0 aliphatic carbocycles. The Morgan fingerprint density at radius 1 is 1.33 bits per heavy atom. The molecule has 0 heterocycles. The SMILES string of the molecule is CCCNC(=O)c1ccccc1C(C)C. The summed E-state index contributed by atoms with van der Waals surface area (Å²) >= 11 is 0. The van der Waals surface area contributed by atoms with Crippen molar-refractivity contribution in [3.05, 3.63) is 35.4 Å². The van der Waals surface area contributed by atoms with E-state index in [0.29, 0.717) is 5.92 Å². The number of benzene rings is 1. The summed E-state index contributed by atoms with van der Waals surface area (Å²) in [5.41, 5.74) is 1.92. The molecule has 0 saturated heterocycles. The molecule has 15 heavy (non-hydrogen) atoms. The fourth-order valence-electron chi connectivity index (χ4n) is 1.54. The number of carbonyl (C=O) groups is 1. The van der Waals surface area contributed by atoms with Crippen molar-refractivity contribution in [3.63, 3.8) is 0 Å². The number of nitrogens with one attached hydrogen (secondary N) is 1. The highest BCUT2D eigenvalue weighted by Crippen LogP contribution is 2.18. The van der Waals surface area contributed by atoms with Gasteiger partial charge in [0.25, 0.3) is 5.91 Å². The van der Waals surface area contributed by atoms with E-state index in [1.165, 1.54) is 0 Å². The number of hydrogen-bond donors (Lipinski definition) is 1. The van der Waals surface area contributed by atoms with Crippen LogP contribution in [0.1, 0.15) is 49.0 Å². The molecule has 0 aliphatic heterocycles. The largest absolute Gasteiger partial charge is 0.352 e. The van der Waals surface area contributed by atoms with Gasteiger partial charge in [-0.15, -0.1) is 0 Å². The summed E-state index contributed by atoms with van der Waals surface area (Å²) < 4.78 is 0. The highest BCUT2D eigenvalue weighted by Gasteiger charge is 2.11. The van der Waals surface area contributed by atoms with Crippen LogP contribution in [0.25, 0.3) is 0 Å². The topological polar surface area (TPSA) is 29.1 Å². The fraction of sp³-hybridized carbons (Fsp3) is 0.462. The Kier molecular flexibility index (Phi) is 4.35. The van der Waals surface area contributed by atoms with Crippen LogP contribution in [0.5, 0.6) is 0 Å². The predicted molar refractivity (Wildman–Crippen MR) is 63.2 cm³/mol. The van der Waals surface area contributed by atoms with E-state index in [0.717, 1.165) is 24.1 Å². The van der Waals surface area contributed by atoms with E-state index in [-0.39, 0.29) is 5.91 Å². The van der Waals surface area contributed by atoms with Crippen molar-refractivity contribution in [2.45, 2.75) is 33.1 Å². The molecule has 1 aromatic rings. The van der Waals surface area contributed by atoms with E-state index in [2.05, 4.69) is 26.1 Å². The molecule has 2 heteroatoms. The van der Waals surface area contributed by atoms with Crippen LogP contribution in [0.4, 0.5) is 0 Å². The number of hydrogen-bond acceptors (Lipinski definition) is 1. The van der Waals surface area contributed by atoms with E-state index in [1.807, 2.05) is 24.3 Å². The van der Waals surface area contributed by atoms with Gasteiger partial charge in [-0.1, -0.05) is 39.0 Å². The monoisotopic (exact) mass is 205 g/mol. The van der Waals surface area contributed by atoms with Crippen LogP contribution >= 0.6 is 0 Å². The van der Waals surface area contributed by atoms with Crippen molar-refractivity contribution >= 4 is 5.91 Å². The second-order valence-electron chi connectivity index (χ2n) is 4.00. The molecular weight excluding hydrogens is 186 g/mol. The first kappa shape index (κ1) is 11.8. The van der Waals surface area contributed by atoms with Crippen LogP contribution in [0, 0.1) is 0 Å². The molecule has 2 nitrogen and oxygen atoms in total. The third-order valence-corrected chi connectivity index (χ3v) is 2.36. The van der Waals surface area contributed by atoms with Gasteiger partial charge in [0, 0.05) is 12.1 Å². The van der Waals surface area contributed by atoms with Crippen LogP contribution in [-0.4, -0.2) is 12.5 Å². The molecule has 0 spiro atoms. The summed E-state index contributed by atoms with van der Waals surface area (Å²) in [6.45, 7) is 7.00. The Balaban J connectivity index is 2.87. The predicted octanol–water partition coefficient (Wildman–Crippen LogP) is 2.95. The summed E-state index contributed by atoms with van der Waals surface area (Å²) in [6, 6.07) is 7.80. The Morgan fingerprint density at radius 3 is 2.60 bits per heavy atom. The molecule has 1 rings (SSSR count). The maximum atomic E-state index is 11.8. The highest BCUT2D eigenvalue weighted by atomic mass is 16.1. The van der Waals surface area contributed by atoms with E-state index in [1.54, 1.807) is 0 Å². The quantitative estimate of drug-likeness (QED) is 0.804. The van der Waals surface area contributed by atoms with Crippen molar-refractivity contribution in [1.29, 1.82) is 0 Å². The minimum atomic E-state index is 0.0427. The first-order chi connectivity index (χ1) is 7.16. The standard InChI is InChI=1S/C13H19NO/c1-4-9-14-13(15)12-8-6-5-7-11(12)10(2)3/h5-8,10H,4,9H2,1-3H3,(H,14,15). The van der Waals surface area contributed by atoms with Crippen LogP contribution in [0.3, 0.4) is 0 Å². The Hall–Kier alpha value is -1.31. The third kappa shape index (κ3) is 3.08. The smallest absolute Gasteiger partial charge is 0.251 e. The average Bonchev–Trinajstić information content (AvgIpc) is 2.25. The van der Waals surface area contributed by atoms with Gasteiger partial charge in [0.15, 0.2) is 0 Å². The van der Waals surface area contributed by atoms with Gasteiger partial charge in [-0.05, 0) is 24.0 Å². The zero-order valence-corrected chi connectivity index (χ0v) is 9.71. The zero-order chi connectivity index (χ0) is 11.3. The molecule has 0 unspecified atom stereocenters. The second kappa shape index (κ2) is 5.54. The van der Waals surface area contributed by atoms with Gasteiger partial charge >= 0.3 is 0 Å². The molecule has 82 valence electrons. The molecule has 0 bridgehead atoms. The van der Waals surface area contributed by atoms with Crippen molar-refractivity contribution in [2.75, 3.05) is 6.54 Å². The van der Waals surface area contributed by atoms with Gasteiger partial charge in [0.1, 0.15) is 0 Å². The second-order valence-corrected chi connectivity index (χ2v) is 4.00. The molecule has 0 saturated carbocycles. The van der Waals surface area contributed by atoms with E-state index >= 15 is 0 Å². The zero-order valence-electron chi connectivity index (χ0n) is 9.71. The van der Waals surface area contributed by atoms with Crippen molar-refractivity contribution in [1.82, 2.24) is 5.32 Å². The maximum Gasteiger partial charge on any atom is 0.251 e. The van der Waals surface area contributed by atoms with Crippen molar-refractivity contribution in [3.8, 4) is 0 Å². The van der Waals surface area contributed by atoms with E-state index in [4.69, 9.17) is 0 Å². The lowest BCUT2D eigenvalue weighted by Gasteiger charge is -2.12. The van der Waals surface area contributed by atoms with Gasteiger partial charge in [-0.3, -0.25) is 4.79 Å². The van der Waals surface area contributed by atoms with Gasteiger partial charge < -0.3 is 5.32 Å². The Bertz CT molecular complexity index is 331. The van der Waals surface area contributed by atoms with Crippen molar-refractivity contribution < 1.29 is 4.79 Å². The molecule has 1 N–H and O–H groups in total. The molecule has 0 atom stereocenters. The average molecular weight is 205 g/mol. The van der Waals surface area contributed by atoms with Crippen LogP contribution in [0.15, 0.2) is 24.3 Å². The highest BCUT2D eigenvalue weighted by molar-refractivity contribution is 5.95. The van der Waals surface area contributed by atoms with Crippen molar-refractivity contribution in [2.24, 2.45) is 0 Å². The van der Waals surface area contributed by atoms with Gasteiger partial charge in [-0.25, -0.2) is 0 Å². The lowest BCUT2D eigenvalue weighted by atomic mass is 9.97. The lowest BCUT2D eigenvalue weighted by molar-refractivity contribution is 0.0952. The Labute approximate surface area is 91.7 Å². The molecule has 1 aromatic carbocycles. The minimum Gasteiger partial charge on any atom is -0.352 e.